The van der Waals surface area contributed by atoms with Crippen LogP contribution >= 0.6 is 0 Å². The Hall–Kier alpha value is -0.610. The SMILES string of the molecule is CCCC(C)(O)CNC(=O)CC(CN)CC(C)C. The summed E-state index contributed by atoms with van der Waals surface area (Å²) in [4.78, 5) is 11.8. The van der Waals surface area contributed by atoms with Gasteiger partial charge in [-0.25, -0.2) is 0 Å². The Morgan fingerprint density at radius 3 is 2.50 bits per heavy atom. The summed E-state index contributed by atoms with van der Waals surface area (Å²) in [5.74, 6) is 0.776. The molecule has 0 spiro atoms. The highest BCUT2D eigenvalue weighted by molar-refractivity contribution is 5.76. The van der Waals surface area contributed by atoms with Gasteiger partial charge in [0.15, 0.2) is 0 Å². The summed E-state index contributed by atoms with van der Waals surface area (Å²) in [6, 6.07) is 0. The molecule has 0 aromatic carbocycles. The zero-order chi connectivity index (χ0) is 14.2. The van der Waals surface area contributed by atoms with Crippen LogP contribution in [-0.2, 0) is 4.79 Å². The molecule has 0 aromatic rings. The molecule has 0 rings (SSSR count). The normalized spacial score (nSPS) is 16.4. The van der Waals surface area contributed by atoms with Gasteiger partial charge in [-0.05, 0) is 38.1 Å². The molecule has 4 heteroatoms. The molecule has 0 aliphatic carbocycles. The summed E-state index contributed by atoms with van der Waals surface area (Å²) < 4.78 is 0. The minimum Gasteiger partial charge on any atom is -0.388 e. The van der Waals surface area contributed by atoms with Crippen LogP contribution in [0.3, 0.4) is 0 Å². The molecule has 4 N–H and O–H groups in total. The molecule has 2 unspecified atom stereocenters. The predicted octanol–water partition coefficient (Wildman–Crippen LogP) is 1.66. The molecule has 0 aliphatic rings. The van der Waals surface area contributed by atoms with E-state index < -0.39 is 5.60 Å². The van der Waals surface area contributed by atoms with E-state index in [9.17, 15) is 9.90 Å². The van der Waals surface area contributed by atoms with E-state index in [2.05, 4.69) is 19.2 Å². The molecule has 0 bridgehead atoms. The van der Waals surface area contributed by atoms with Crippen molar-refractivity contribution in [3.05, 3.63) is 0 Å². The molecule has 0 fully saturated rings. The zero-order valence-corrected chi connectivity index (χ0v) is 12.3. The number of hydrogen-bond acceptors (Lipinski definition) is 3. The first kappa shape index (κ1) is 17.4. The van der Waals surface area contributed by atoms with Gasteiger partial charge < -0.3 is 16.2 Å². The Bertz CT molecular complexity index is 240. The van der Waals surface area contributed by atoms with Gasteiger partial charge in [-0.2, -0.15) is 0 Å². The first-order valence-corrected chi connectivity index (χ1v) is 6.99. The molecular weight excluding hydrogens is 228 g/mol. The van der Waals surface area contributed by atoms with E-state index in [4.69, 9.17) is 5.73 Å². The van der Waals surface area contributed by atoms with Crippen molar-refractivity contribution < 1.29 is 9.90 Å². The maximum Gasteiger partial charge on any atom is 0.220 e. The van der Waals surface area contributed by atoms with E-state index in [0.29, 0.717) is 31.8 Å². The van der Waals surface area contributed by atoms with E-state index in [1.165, 1.54) is 0 Å². The standard InChI is InChI=1S/C14H30N2O2/c1-5-6-14(4,18)10-16-13(17)8-12(9-15)7-11(2)3/h11-12,18H,5-10,15H2,1-4H3,(H,16,17). The Labute approximate surface area is 111 Å². The predicted molar refractivity (Wildman–Crippen MR) is 75.2 cm³/mol. The molecule has 4 nitrogen and oxygen atoms in total. The van der Waals surface area contributed by atoms with Gasteiger partial charge in [0.2, 0.25) is 5.91 Å². The van der Waals surface area contributed by atoms with Gasteiger partial charge in [0.25, 0.3) is 0 Å². The lowest BCUT2D eigenvalue weighted by Gasteiger charge is -2.24. The monoisotopic (exact) mass is 258 g/mol. The lowest BCUT2D eigenvalue weighted by molar-refractivity contribution is -0.123. The highest BCUT2D eigenvalue weighted by Gasteiger charge is 2.21. The number of amides is 1. The highest BCUT2D eigenvalue weighted by Crippen LogP contribution is 2.15. The third-order valence-electron chi connectivity index (χ3n) is 3.07. The van der Waals surface area contributed by atoms with Gasteiger partial charge >= 0.3 is 0 Å². The van der Waals surface area contributed by atoms with Crippen molar-refractivity contribution in [3.8, 4) is 0 Å². The number of aliphatic hydroxyl groups is 1. The van der Waals surface area contributed by atoms with Gasteiger partial charge in [0.1, 0.15) is 0 Å². The molecule has 0 aliphatic heterocycles. The van der Waals surface area contributed by atoms with E-state index in [-0.39, 0.29) is 11.8 Å². The maximum absolute atomic E-state index is 11.8. The van der Waals surface area contributed by atoms with Crippen molar-refractivity contribution >= 4 is 5.91 Å². The summed E-state index contributed by atoms with van der Waals surface area (Å²) in [6.45, 7) is 8.89. The second kappa shape index (κ2) is 8.48. The summed E-state index contributed by atoms with van der Waals surface area (Å²) in [5.41, 5.74) is 4.86. The molecule has 108 valence electrons. The van der Waals surface area contributed by atoms with Gasteiger partial charge in [-0.3, -0.25) is 4.79 Å². The molecule has 0 saturated heterocycles. The molecule has 1 amide bonds. The minimum atomic E-state index is -0.805. The van der Waals surface area contributed by atoms with Crippen LogP contribution in [0.5, 0.6) is 0 Å². The fourth-order valence-electron chi connectivity index (χ4n) is 2.18. The maximum atomic E-state index is 11.8. The van der Waals surface area contributed by atoms with Crippen LogP contribution < -0.4 is 11.1 Å². The molecule has 18 heavy (non-hydrogen) atoms. The van der Waals surface area contributed by atoms with Crippen LogP contribution in [0.2, 0.25) is 0 Å². The topological polar surface area (TPSA) is 75.3 Å². The summed E-state index contributed by atoms with van der Waals surface area (Å²) in [5, 5.41) is 12.8. The molecule has 0 radical (unpaired) electrons. The number of nitrogens with two attached hydrogens (primary N) is 1. The molecule has 0 aromatic heterocycles. The number of rotatable bonds is 9. The second-order valence-corrected chi connectivity index (χ2v) is 5.96. The Morgan fingerprint density at radius 2 is 2.06 bits per heavy atom. The van der Waals surface area contributed by atoms with E-state index >= 15 is 0 Å². The lowest BCUT2D eigenvalue weighted by atomic mass is 9.93. The number of hydrogen-bond donors (Lipinski definition) is 3. The molecular formula is C14H30N2O2. The average Bonchev–Trinajstić information content (AvgIpc) is 2.25. The van der Waals surface area contributed by atoms with Crippen molar-refractivity contribution in [2.45, 2.75) is 59.0 Å². The Balaban J connectivity index is 4.02. The van der Waals surface area contributed by atoms with Crippen molar-refractivity contribution in [1.29, 1.82) is 0 Å². The van der Waals surface area contributed by atoms with Crippen LogP contribution in [0.25, 0.3) is 0 Å². The number of nitrogens with one attached hydrogen (secondary N) is 1. The largest absolute Gasteiger partial charge is 0.388 e. The van der Waals surface area contributed by atoms with Crippen molar-refractivity contribution in [2.24, 2.45) is 17.6 Å². The molecule has 0 heterocycles. The first-order valence-electron chi connectivity index (χ1n) is 6.99. The van der Waals surface area contributed by atoms with Crippen molar-refractivity contribution in [1.82, 2.24) is 5.32 Å². The first-order chi connectivity index (χ1) is 8.30. The third-order valence-corrected chi connectivity index (χ3v) is 3.07. The lowest BCUT2D eigenvalue weighted by Crippen LogP contribution is -2.41. The third kappa shape index (κ3) is 8.48. The average molecular weight is 258 g/mol. The van der Waals surface area contributed by atoms with Crippen LogP contribution in [0.15, 0.2) is 0 Å². The Kier molecular flexibility index (Phi) is 8.20. The second-order valence-electron chi connectivity index (χ2n) is 5.96. The quantitative estimate of drug-likeness (QED) is 0.589. The fraction of sp³-hybridized carbons (Fsp3) is 0.929. The van der Waals surface area contributed by atoms with Crippen LogP contribution in [-0.4, -0.2) is 29.7 Å². The van der Waals surface area contributed by atoms with Crippen molar-refractivity contribution in [3.63, 3.8) is 0 Å². The van der Waals surface area contributed by atoms with Crippen molar-refractivity contribution in [2.75, 3.05) is 13.1 Å². The van der Waals surface area contributed by atoms with Gasteiger partial charge in [0.05, 0.1) is 5.60 Å². The summed E-state index contributed by atoms with van der Waals surface area (Å²) >= 11 is 0. The van der Waals surface area contributed by atoms with E-state index in [1.807, 2.05) is 6.92 Å². The van der Waals surface area contributed by atoms with Crippen LogP contribution in [0, 0.1) is 11.8 Å². The van der Waals surface area contributed by atoms with Gasteiger partial charge in [-0.15, -0.1) is 0 Å². The van der Waals surface area contributed by atoms with Gasteiger partial charge in [0, 0.05) is 13.0 Å². The summed E-state index contributed by atoms with van der Waals surface area (Å²) in [7, 11) is 0. The fourth-order valence-corrected chi connectivity index (χ4v) is 2.18. The van der Waals surface area contributed by atoms with Gasteiger partial charge in [-0.1, -0.05) is 27.2 Å². The smallest absolute Gasteiger partial charge is 0.220 e. The van der Waals surface area contributed by atoms with Crippen LogP contribution in [0.1, 0.15) is 53.4 Å². The number of carbonyl (C=O) groups excluding carboxylic acids is 1. The molecule has 2 atom stereocenters. The van der Waals surface area contributed by atoms with E-state index in [1.54, 1.807) is 6.92 Å². The Morgan fingerprint density at radius 1 is 1.44 bits per heavy atom. The minimum absolute atomic E-state index is 0.0116. The molecule has 0 saturated carbocycles. The van der Waals surface area contributed by atoms with E-state index in [0.717, 1.165) is 12.8 Å². The zero-order valence-electron chi connectivity index (χ0n) is 12.3. The van der Waals surface area contributed by atoms with Crippen LogP contribution in [0.4, 0.5) is 0 Å². The number of carbonyl (C=O) groups is 1. The highest BCUT2D eigenvalue weighted by atomic mass is 16.3. The summed E-state index contributed by atoms with van der Waals surface area (Å²) in [6.07, 6.45) is 3.02.